The highest BCUT2D eigenvalue weighted by molar-refractivity contribution is 6.31. The zero-order valence-electron chi connectivity index (χ0n) is 9.54. The largest absolute Gasteiger partial charge is 0.347 e. The van der Waals surface area contributed by atoms with E-state index >= 15 is 0 Å². The van der Waals surface area contributed by atoms with E-state index in [0.717, 1.165) is 11.6 Å². The lowest BCUT2D eigenvalue weighted by Crippen LogP contribution is -1.96. The van der Waals surface area contributed by atoms with Crippen LogP contribution in [0.1, 0.15) is 25.3 Å². The summed E-state index contributed by atoms with van der Waals surface area (Å²) in [5, 5.41) is 2.01. The number of unbranched alkanes of at least 4 members (excludes halogenated alkanes) is 1. The molecule has 2 aromatic rings. The average Bonchev–Trinajstić information content (AvgIpc) is 2.64. The van der Waals surface area contributed by atoms with Crippen molar-refractivity contribution in [3.05, 3.63) is 35.0 Å². The van der Waals surface area contributed by atoms with Crippen molar-refractivity contribution in [3.63, 3.8) is 0 Å². The van der Waals surface area contributed by atoms with Gasteiger partial charge in [-0.05, 0) is 24.1 Å². The molecule has 0 amide bonds. The van der Waals surface area contributed by atoms with E-state index in [4.69, 9.17) is 17.3 Å². The molecule has 1 aromatic carbocycles. The Morgan fingerprint density at radius 2 is 2.19 bits per heavy atom. The fourth-order valence-electron chi connectivity index (χ4n) is 2.02. The van der Waals surface area contributed by atoms with Gasteiger partial charge in [0.15, 0.2) is 0 Å². The summed E-state index contributed by atoms with van der Waals surface area (Å²) in [6.45, 7) is 3.81. The van der Waals surface area contributed by atoms with Gasteiger partial charge in [0.25, 0.3) is 0 Å². The maximum atomic E-state index is 6.03. The lowest BCUT2D eigenvalue weighted by molar-refractivity contribution is 0.648. The average molecular weight is 237 g/mol. The van der Waals surface area contributed by atoms with E-state index in [2.05, 4.69) is 23.8 Å². The molecular weight excluding hydrogens is 220 g/mol. The maximum Gasteiger partial charge on any atom is 0.0498 e. The van der Waals surface area contributed by atoms with Crippen molar-refractivity contribution in [1.82, 2.24) is 4.57 Å². The van der Waals surface area contributed by atoms with Gasteiger partial charge in [0.2, 0.25) is 0 Å². The Kier molecular flexibility index (Phi) is 3.52. The number of nitrogens with two attached hydrogens (primary N) is 1. The van der Waals surface area contributed by atoms with Crippen molar-refractivity contribution in [2.45, 2.75) is 32.9 Å². The quantitative estimate of drug-likeness (QED) is 0.865. The molecule has 1 heterocycles. The normalized spacial score (nSPS) is 11.2. The highest BCUT2D eigenvalue weighted by atomic mass is 35.5. The highest BCUT2D eigenvalue weighted by Gasteiger charge is 2.07. The number of halogens is 1. The van der Waals surface area contributed by atoms with Crippen molar-refractivity contribution < 1.29 is 0 Å². The van der Waals surface area contributed by atoms with E-state index in [9.17, 15) is 0 Å². The Balaban J connectivity index is 2.50. The van der Waals surface area contributed by atoms with Crippen LogP contribution in [0.4, 0.5) is 0 Å². The number of benzene rings is 1. The van der Waals surface area contributed by atoms with E-state index < -0.39 is 0 Å². The van der Waals surface area contributed by atoms with Gasteiger partial charge < -0.3 is 10.3 Å². The van der Waals surface area contributed by atoms with Gasteiger partial charge >= 0.3 is 0 Å². The zero-order valence-corrected chi connectivity index (χ0v) is 10.3. The molecule has 0 saturated heterocycles. The van der Waals surface area contributed by atoms with E-state index in [1.54, 1.807) is 0 Å². The van der Waals surface area contributed by atoms with Gasteiger partial charge in [-0.1, -0.05) is 31.0 Å². The molecule has 3 heteroatoms. The molecule has 0 unspecified atom stereocenters. The fraction of sp³-hybridized carbons (Fsp3) is 0.385. The van der Waals surface area contributed by atoms with Crippen LogP contribution in [0, 0.1) is 0 Å². The number of fused-ring (bicyclic) bond motifs is 1. The summed E-state index contributed by atoms with van der Waals surface area (Å²) >= 11 is 6.03. The van der Waals surface area contributed by atoms with Gasteiger partial charge in [-0.3, -0.25) is 0 Å². The van der Waals surface area contributed by atoms with Gasteiger partial charge in [-0.15, -0.1) is 0 Å². The van der Waals surface area contributed by atoms with Gasteiger partial charge in [0, 0.05) is 35.2 Å². The molecule has 16 heavy (non-hydrogen) atoms. The zero-order chi connectivity index (χ0) is 11.5. The Bertz CT molecular complexity index is 488. The third-order valence-corrected chi connectivity index (χ3v) is 3.13. The van der Waals surface area contributed by atoms with E-state index in [1.807, 2.05) is 12.1 Å². The summed E-state index contributed by atoms with van der Waals surface area (Å²) in [6, 6.07) is 6.00. The minimum Gasteiger partial charge on any atom is -0.347 e. The second-order valence-electron chi connectivity index (χ2n) is 4.07. The molecule has 2 N–H and O–H groups in total. The Hall–Kier alpha value is -0.990. The molecule has 0 saturated carbocycles. The Morgan fingerprint density at radius 3 is 2.88 bits per heavy atom. The molecule has 0 radical (unpaired) electrons. The van der Waals surface area contributed by atoms with Gasteiger partial charge in [-0.25, -0.2) is 0 Å². The van der Waals surface area contributed by atoms with E-state index in [-0.39, 0.29) is 0 Å². The van der Waals surface area contributed by atoms with Crippen LogP contribution in [0.3, 0.4) is 0 Å². The minimum atomic E-state index is 0.581. The van der Waals surface area contributed by atoms with E-state index in [0.29, 0.717) is 6.54 Å². The summed E-state index contributed by atoms with van der Waals surface area (Å²) in [4.78, 5) is 0. The summed E-state index contributed by atoms with van der Waals surface area (Å²) in [7, 11) is 0. The summed E-state index contributed by atoms with van der Waals surface area (Å²) in [5.74, 6) is 0. The lowest BCUT2D eigenvalue weighted by atomic mass is 10.2. The van der Waals surface area contributed by atoms with Gasteiger partial charge in [0.1, 0.15) is 0 Å². The first kappa shape index (κ1) is 11.5. The maximum absolute atomic E-state index is 6.03. The predicted molar refractivity (Wildman–Crippen MR) is 69.7 cm³/mol. The topological polar surface area (TPSA) is 30.9 Å². The summed E-state index contributed by atoms with van der Waals surface area (Å²) in [5.41, 5.74) is 8.14. The van der Waals surface area contributed by atoms with Crippen molar-refractivity contribution in [1.29, 1.82) is 0 Å². The molecule has 0 spiro atoms. The summed E-state index contributed by atoms with van der Waals surface area (Å²) in [6.07, 6.45) is 4.52. The van der Waals surface area contributed by atoms with Crippen molar-refractivity contribution >= 4 is 22.5 Å². The number of nitrogens with zero attached hydrogens (tertiary/aromatic N) is 1. The Morgan fingerprint density at radius 1 is 1.38 bits per heavy atom. The fourth-order valence-corrected chi connectivity index (χ4v) is 2.18. The van der Waals surface area contributed by atoms with Crippen LogP contribution in [-0.2, 0) is 13.1 Å². The van der Waals surface area contributed by atoms with E-state index in [1.165, 1.54) is 29.3 Å². The molecule has 0 fully saturated rings. The lowest BCUT2D eigenvalue weighted by Gasteiger charge is -2.03. The first-order valence-electron chi connectivity index (χ1n) is 5.73. The predicted octanol–water partition coefficient (Wildman–Crippen LogP) is 3.55. The Labute approximate surface area is 101 Å². The monoisotopic (exact) mass is 236 g/mol. The van der Waals surface area contributed by atoms with Crippen LogP contribution in [0.5, 0.6) is 0 Å². The molecule has 0 aliphatic rings. The molecular formula is C13H17ClN2. The molecule has 1 aromatic heterocycles. The number of aromatic nitrogens is 1. The highest BCUT2D eigenvalue weighted by Crippen LogP contribution is 2.25. The molecule has 0 aliphatic heterocycles. The van der Waals surface area contributed by atoms with Crippen LogP contribution in [0.2, 0.25) is 5.02 Å². The van der Waals surface area contributed by atoms with Crippen LogP contribution in [0.15, 0.2) is 24.4 Å². The van der Waals surface area contributed by atoms with Gasteiger partial charge in [-0.2, -0.15) is 0 Å². The van der Waals surface area contributed by atoms with Gasteiger partial charge in [0.05, 0.1) is 0 Å². The third-order valence-electron chi connectivity index (χ3n) is 2.90. The second-order valence-corrected chi connectivity index (χ2v) is 4.50. The molecule has 0 atom stereocenters. The molecule has 0 bridgehead atoms. The van der Waals surface area contributed by atoms with Crippen LogP contribution >= 0.6 is 11.6 Å². The minimum absolute atomic E-state index is 0.581. The number of hydrogen-bond acceptors (Lipinski definition) is 1. The van der Waals surface area contributed by atoms with Crippen molar-refractivity contribution in [3.8, 4) is 0 Å². The number of aryl methyl sites for hydroxylation is 1. The second kappa shape index (κ2) is 4.89. The van der Waals surface area contributed by atoms with Crippen molar-refractivity contribution in [2.24, 2.45) is 5.73 Å². The number of hydrogen-bond donors (Lipinski definition) is 1. The molecule has 0 aliphatic carbocycles. The van der Waals surface area contributed by atoms with Crippen LogP contribution in [-0.4, -0.2) is 4.57 Å². The summed E-state index contributed by atoms with van der Waals surface area (Å²) < 4.78 is 2.26. The van der Waals surface area contributed by atoms with Crippen molar-refractivity contribution in [2.75, 3.05) is 0 Å². The molecule has 86 valence electrons. The first-order chi connectivity index (χ1) is 7.76. The van der Waals surface area contributed by atoms with Crippen LogP contribution in [0.25, 0.3) is 10.9 Å². The molecule has 2 nitrogen and oxygen atoms in total. The third kappa shape index (κ3) is 2.08. The SMILES string of the molecule is CCCCn1cc(CN)c2ccc(Cl)cc21. The first-order valence-corrected chi connectivity index (χ1v) is 6.11. The standard InChI is InChI=1S/C13H17ClN2/c1-2-3-6-16-9-10(8-15)12-5-4-11(14)7-13(12)16/h4-5,7,9H,2-3,6,8,15H2,1H3. The molecule has 2 rings (SSSR count). The van der Waals surface area contributed by atoms with Crippen LogP contribution < -0.4 is 5.73 Å². The number of rotatable bonds is 4. The smallest absolute Gasteiger partial charge is 0.0498 e.